The van der Waals surface area contributed by atoms with Crippen molar-refractivity contribution < 1.29 is 18.8 Å². The van der Waals surface area contributed by atoms with Crippen LogP contribution < -0.4 is 5.48 Å². The molecule has 0 aliphatic rings. The molecule has 1 atom stereocenters. The average molecular weight is 434 g/mol. The van der Waals surface area contributed by atoms with E-state index < -0.39 is 17.5 Å². The van der Waals surface area contributed by atoms with Gasteiger partial charge in [0.05, 0.1) is 11.6 Å². The molecule has 4 aromatic rings. The van der Waals surface area contributed by atoms with Gasteiger partial charge in [0.15, 0.2) is 5.82 Å². The lowest BCUT2D eigenvalue weighted by molar-refractivity contribution is -0.124. The first-order valence-corrected chi connectivity index (χ1v) is 10.0. The maximum absolute atomic E-state index is 15.0. The van der Waals surface area contributed by atoms with E-state index in [1.54, 1.807) is 12.3 Å². The van der Waals surface area contributed by atoms with E-state index in [4.69, 9.17) is 5.21 Å². The minimum atomic E-state index is -0.858. The number of nitrogens with one attached hydrogen (secondary N) is 2. The highest BCUT2D eigenvalue weighted by molar-refractivity contribution is 5.91. The number of carbonyl (C=O) groups excluding carboxylic acids is 1. The molecule has 2 aromatic heterocycles. The van der Waals surface area contributed by atoms with Crippen molar-refractivity contribution >= 4 is 23.0 Å². The van der Waals surface area contributed by atoms with Crippen LogP contribution in [0.1, 0.15) is 35.0 Å². The maximum atomic E-state index is 15.0. The van der Waals surface area contributed by atoms with Crippen LogP contribution in [0.25, 0.3) is 17.1 Å². The maximum Gasteiger partial charge on any atom is 0.267 e. The number of pyridine rings is 1. The topological polar surface area (TPSA) is 90.9 Å². The molecule has 4 rings (SSSR count). The molecular formula is C24H20F2N4O2. The van der Waals surface area contributed by atoms with E-state index in [-0.39, 0.29) is 22.5 Å². The highest BCUT2D eigenvalue weighted by atomic mass is 19.1. The van der Waals surface area contributed by atoms with Crippen molar-refractivity contribution in [3.8, 4) is 0 Å². The van der Waals surface area contributed by atoms with Crippen molar-refractivity contribution in [1.82, 2.24) is 20.4 Å². The van der Waals surface area contributed by atoms with Crippen LogP contribution in [0, 0.1) is 11.6 Å². The van der Waals surface area contributed by atoms with Gasteiger partial charge in [-0.05, 0) is 42.7 Å². The summed E-state index contributed by atoms with van der Waals surface area (Å²) in [5.74, 6) is -2.23. The summed E-state index contributed by atoms with van der Waals surface area (Å²) in [6.45, 7) is 0. The van der Waals surface area contributed by atoms with Gasteiger partial charge in [-0.15, -0.1) is 0 Å². The standard InChI is InChI=1S/C24H20F2N4O2/c25-18-14-16(10-12-20(31)30-32)21(26)23-22(18)28-24(29-23)17(19-8-4-5-13-27-19)11-9-15-6-2-1-3-7-15/h1-8,10,12-14,17,32H,9,11H2,(H,28,29)(H,30,31). The number of hydrogen-bond donors (Lipinski definition) is 3. The quantitative estimate of drug-likeness (QED) is 0.227. The van der Waals surface area contributed by atoms with Gasteiger partial charge in [0.25, 0.3) is 5.91 Å². The monoisotopic (exact) mass is 434 g/mol. The van der Waals surface area contributed by atoms with E-state index in [2.05, 4.69) is 15.0 Å². The third-order valence-electron chi connectivity index (χ3n) is 5.17. The number of amides is 1. The van der Waals surface area contributed by atoms with E-state index >= 15 is 4.39 Å². The molecule has 0 spiro atoms. The molecule has 2 aromatic carbocycles. The van der Waals surface area contributed by atoms with Crippen molar-refractivity contribution in [1.29, 1.82) is 0 Å². The van der Waals surface area contributed by atoms with Crippen molar-refractivity contribution in [3.63, 3.8) is 0 Å². The third kappa shape index (κ3) is 4.55. The molecule has 8 heteroatoms. The number of hydrogen-bond acceptors (Lipinski definition) is 4. The number of aromatic nitrogens is 3. The van der Waals surface area contributed by atoms with Crippen LogP contribution in [0.3, 0.4) is 0 Å². The summed E-state index contributed by atoms with van der Waals surface area (Å²) in [7, 11) is 0. The summed E-state index contributed by atoms with van der Waals surface area (Å²) < 4.78 is 29.7. The highest BCUT2D eigenvalue weighted by Crippen LogP contribution is 2.31. The fourth-order valence-electron chi connectivity index (χ4n) is 3.58. The molecule has 0 saturated carbocycles. The summed E-state index contributed by atoms with van der Waals surface area (Å²) in [5, 5.41) is 8.57. The van der Waals surface area contributed by atoms with Crippen LogP contribution in [-0.2, 0) is 11.2 Å². The van der Waals surface area contributed by atoms with Crippen molar-refractivity contribution in [2.24, 2.45) is 0 Å². The predicted molar refractivity (Wildman–Crippen MR) is 116 cm³/mol. The van der Waals surface area contributed by atoms with Crippen LogP contribution in [-0.4, -0.2) is 26.1 Å². The summed E-state index contributed by atoms with van der Waals surface area (Å²) in [4.78, 5) is 22.9. The van der Waals surface area contributed by atoms with Gasteiger partial charge in [0, 0.05) is 17.8 Å². The number of rotatable bonds is 7. The van der Waals surface area contributed by atoms with E-state index in [0.29, 0.717) is 12.2 Å². The van der Waals surface area contributed by atoms with Crippen LogP contribution in [0.5, 0.6) is 0 Å². The number of H-pyrrole nitrogens is 1. The zero-order chi connectivity index (χ0) is 22.5. The van der Waals surface area contributed by atoms with Gasteiger partial charge in [-0.2, -0.15) is 0 Å². The Morgan fingerprint density at radius 3 is 2.66 bits per heavy atom. The molecule has 32 heavy (non-hydrogen) atoms. The Hall–Kier alpha value is -3.91. The second-order valence-corrected chi connectivity index (χ2v) is 7.25. The van der Waals surface area contributed by atoms with Gasteiger partial charge in [0.1, 0.15) is 22.7 Å². The van der Waals surface area contributed by atoms with Gasteiger partial charge in [-0.3, -0.25) is 15.0 Å². The summed E-state index contributed by atoms with van der Waals surface area (Å²) in [5.41, 5.74) is 2.90. The summed E-state index contributed by atoms with van der Waals surface area (Å²) in [6, 6.07) is 16.4. The average Bonchev–Trinajstić information content (AvgIpc) is 3.28. The second kappa shape index (κ2) is 9.49. The number of benzene rings is 2. The lowest BCUT2D eigenvalue weighted by atomic mass is 9.95. The minimum Gasteiger partial charge on any atom is -0.339 e. The Morgan fingerprint density at radius 1 is 1.16 bits per heavy atom. The van der Waals surface area contributed by atoms with Crippen LogP contribution in [0.15, 0.2) is 66.9 Å². The molecule has 2 heterocycles. The van der Waals surface area contributed by atoms with Gasteiger partial charge in [-0.25, -0.2) is 19.2 Å². The largest absolute Gasteiger partial charge is 0.339 e. The Balaban J connectivity index is 1.73. The second-order valence-electron chi connectivity index (χ2n) is 7.25. The molecule has 0 aliphatic carbocycles. The molecule has 0 fully saturated rings. The minimum absolute atomic E-state index is 0.0538. The van der Waals surface area contributed by atoms with Crippen molar-refractivity contribution in [3.05, 3.63) is 101 Å². The number of hydroxylamine groups is 1. The normalized spacial score (nSPS) is 12.3. The first kappa shape index (κ1) is 21.3. The summed E-state index contributed by atoms with van der Waals surface area (Å²) in [6.07, 6.45) is 5.00. The lowest BCUT2D eigenvalue weighted by Gasteiger charge is -2.14. The number of aromatic amines is 1. The Bertz CT molecular complexity index is 1260. The van der Waals surface area contributed by atoms with Crippen LogP contribution in [0.2, 0.25) is 0 Å². The van der Waals surface area contributed by atoms with Gasteiger partial charge in [-0.1, -0.05) is 36.4 Å². The zero-order valence-electron chi connectivity index (χ0n) is 16.9. The smallest absolute Gasteiger partial charge is 0.267 e. The van der Waals surface area contributed by atoms with Crippen LogP contribution >= 0.6 is 0 Å². The molecule has 1 amide bonds. The molecule has 0 saturated heterocycles. The van der Waals surface area contributed by atoms with Crippen LogP contribution in [0.4, 0.5) is 8.78 Å². The SMILES string of the molecule is O=C(C=Cc1cc(F)c2[nH]c(C(CCc3ccccc3)c3ccccn3)nc2c1F)NO. The van der Waals surface area contributed by atoms with Gasteiger partial charge < -0.3 is 4.98 Å². The summed E-state index contributed by atoms with van der Waals surface area (Å²) >= 11 is 0. The molecule has 3 N–H and O–H groups in total. The number of halogens is 2. The number of imidazole rings is 1. The molecule has 162 valence electrons. The number of aryl methyl sites for hydroxylation is 1. The molecule has 0 aliphatic heterocycles. The Labute approximate surface area is 182 Å². The Morgan fingerprint density at radius 2 is 1.94 bits per heavy atom. The van der Waals surface area contributed by atoms with E-state index in [1.165, 1.54) is 5.48 Å². The first-order chi connectivity index (χ1) is 15.6. The molecule has 1 unspecified atom stereocenters. The Kier molecular flexibility index (Phi) is 6.32. The number of nitrogens with zero attached hydrogens (tertiary/aromatic N) is 2. The highest BCUT2D eigenvalue weighted by Gasteiger charge is 2.23. The fourth-order valence-corrected chi connectivity index (χ4v) is 3.58. The zero-order valence-corrected chi connectivity index (χ0v) is 16.9. The van der Waals surface area contributed by atoms with E-state index in [0.717, 1.165) is 35.9 Å². The van der Waals surface area contributed by atoms with E-state index in [9.17, 15) is 9.18 Å². The van der Waals surface area contributed by atoms with E-state index in [1.807, 2.05) is 42.5 Å². The van der Waals surface area contributed by atoms with Gasteiger partial charge in [0.2, 0.25) is 0 Å². The van der Waals surface area contributed by atoms with Gasteiger partial charge >= 0.3 is 0 Å². The number of fused-ring (bicyclic) bond motifs is 1. The molecule has 0 radical (unpaired) electrons. The number of carbonyl (C=O) groups is 1. The first-order valence-electron chi connectivity index (χ1n) is 10.0. The lowest BCUT2D eigenvalue weighted by Crippen LogP contribution is -2.14. The predicted octanol–water partition coefficient (Wildman–Crippen LogP) is 4.52. The van der Waals surface area contributed by atoms with Crippen molar-refractivity contribution in [2.45, 2.75) is 18.8 Å². The molecule has 0 bridgehead atoms. The van der Waals surface area contributed by atoms with Crippen molar-refractivity contribution in [2.75, 3.05) is 0 Å². The fraction of sp³-hybridized carbons (Fsp3) is 0.125. The molecule has 6 nitrogen and oxygen atoms in total. The molecular weight excluding hydrogens is 414 g/mol. The third-order valence-corrected chi connectivity index (χ3v) is 5.17.